The molecule has 0 N–H and O–H groups in total. The van der Waals surface area contributed by atoms with E-state index in [-0.39, 0.29) is 30.9 Å². The maximum Gasteiger partial charge on any atom is 0.354 e. The molecule has 27 heavy (non-hydrogen) atoms. The lowest BCUT2D eigenvalue weighted by Gasteiger charge is -2.13. The van der Waals surface area contributed by atoms with Gasteiger partial charge in [0.25, 0.3) is 0 Å². The van der Waals surface area contributed by atoms with Gasteiger partial charge in [0.2, 0.25) is 0 Å². The number of carbonyl (C=O) groups excluding carboxylic acids is 1. The first kappa shape index (κ1) is 19.7. The number of hydrogen-bond donors (Lipinski definition) is 0. The standard InChI is InChI=1S/C18H20ClN3O4S/c1-3-27-17-20-16(24)21(10-12-8-14(12)15(23)26-2)18(25)22(17)9-11-4-6-13(19)7-5-11/h4-7,12,14H,3,8-10H2,1-2H3. The molecule has 0 saturated heterocycles. The highest BCUT2D eigenvalue weighted by Gasteiger charge is 2.44. The fraction of sp³-hybridized carbons (Fsp3) is 0.444. The quantitative estimate of drug-likeness (QED) is 0.514. The molecule has 1 aromatic heterocycles. The predicted molar refractivity (Wildman–Crippen MR) is 103 cm³/mol. The Bertz CT molecular complexity index is 955. The van der Waals surface area contributed by atoms with Crippen LogP contribution in [-0.2, 0) is 22.6 Å². The number of thioether (sulfide) groups is 1. The molecule has 1 heterocycles. The van der Waals surface area contributed by atoms with Crippen molar-refractivity contribution < 1.29 is 9.53 Å². The predicted octanol–water partition coefficient (Wildman–Crippen LogP) is 2.03. The van der Waals surface area contributed by atoms with Gasteiger partial charge < -0.3 is 4.74 Å². The SMILES string of the molecule is CCSc1nc(=O)n(CC2CC2C(=O)OC)c(=O)n1Cc1ccc(Cl)cc1. The van der Waals surface area contributed by atoms with E-state index in [1.807, 2.05) is 19.1 Å². The molecule has 0 bridgehead atoms. The molecule has 2 unspecified atom stereocenters. The van der Waals surface area contributed by atoms with Crippen LogP contribution in [0, 0.1) is 11.8 Å². The second-order valence-electron chi connectivity index (χ2n) is 6.34. The number of aromatic nitrogens is 3. The van der Waals surface area contributed by atoms with Crippen molar-refractivity contribution in [3.05, 3.63) is 55.8 Å². The Balaban J connectivity index is 1.93. The smallest absolute Gasteiger partial charge is 0.354 e. The second kappa shape index (κ2) is 8.31. The second-order valence-corrected chi connectivity index (χ2v) is 8.01. The molecule has 1 aliphatic carbocycles. The molecule has 0 aliphatic heterocycles. The number of benzene rings is 1. The maximum absolute atomic E-state index is 13.0. The Labute approximate surface area is 165 Å². The highest BCUT2D eigenvalue weighted by molar-refractivity contribution is 7.99. The third-order valence-electron chi connectivity index (χ3n) is 4.49. The summed E-state index contributed by atoms with van der Waals surface area (Å²) in [5.74, 6) is 0.0541. The molecule has 1 aromatic carbocycles. The minimum absolute atomic E-state index is 0.0710. The van der Waals surface area contributed by atoms with Gasteiger partial charge in [0, 0.05) is 11.6 Å². The first-order chi connectivity index (χ1) is 12.9. The van der Waals surface area contributed by atoms with Crippen molar-refractivity contribution in [2.75, 3.05) is 12.9 Å². The van der Waals surface area contributed by atoms with Gasteiger partial charge >= 0.3 is 17.3 Å². The number of methoxy groups -OCH3 is 1. The van der Waals surface area contributed by atoms with Crippen molar-refractivity contribution in [1.82, 2.24) is 14.1 Å². The molecule has 3 rings (SSSR count). The minimum Gasteiger partial charge on any atom is -0.469 e. The fourth-order valence-corrected chi connectivity index (χ4v) is 3.76. The summed E-state index contributed by atoms with van der Waals surface area (Å²) < 4.78 is 7.34. The molecule has 0 spiro atoms. The van der Waals surface area contributed by atoms with E-state index >= 15 is 0 Å². The maximum atomic E-state index is 13.0. The van der Waals surface area contributed by atoms with Crippen LogP contribution < -0.4 is 11.4 Å². The minimum atomic E-state index is -0.584. The van der Waals surface area contributed by atoms with Crippen LogP contribution in [0.3, 0.4) is 0 Å². The summed E-state index contributed by atoms with van der Waals surface area (Å²) in [7, 11) is 1.33. The van der Waals surface area contributed by atoms with Gasteiger partial charge in [0.15, 0.2) is 5.16 Å². The first-order valence-electron chi connectivity index (χ1n) is 8.61. The average molecular weight is 410 g/mol. The summed E-state index contributed by atoms with van der Waals surface area (Å²) in [6.45, 7) is 2.39. The van der Waals surface area contributed by atoms with Gasteiger partial charge in [-0.15, -0.1) is 0 Å². The van der Waals surface area contributed by atoms with E-state index in [1.165, 1.54) is 23.4 Å². The monoisotopic (exact) mass is 409 g/mol. The van der Waals surface area contributed by atoms with Gasteiger partial charge in [-0.05, 0) is 35.8 Å². The Hall–Kier alpha value is -2.06. The van der Waals surface area contributed by atoms with Crippen LogP contribution in [0.1, 0.15) is 18.9 Å². The van der Waals surface area contributed by atoms with E-state index in [9.17, 15) is 14.4 Å². The molecule has 1 aliphatic rings. The van der Waals surface area contributed by atoms with Crippen molar-refractivity contribution in [2.45, 2.75) is 31.6 Å². The number of esters is 1. The number of hydrogen-bond acceptors (Lipinski definition) is 6. The number of nitrogens with zero attached hydrogens (tertiary/aromatic N) is 3. The van der Waals surface area contributed by atoms with Gasteiger partial charge in [-0.3, -0.25) is 9.36 Å². The molecule has 9 heteroatoms. The summed E-state index contributed by atoms with van der Waals surface area (Å²) in [5, 5.41) is 0.999. The summed E-state index contributed by atoms with van der Waals surface area (Å²) in [6.07, 6.45) is 0.612. The third kappa shape index (κ3) is 4.44. The highest BCUT2D eigenvalue weighted by Crippen LogP contribution is 2.40. The number of ether oxygens (including phenoxy) is 1. The Kier molecular flexibility index (Phi) is 6.06. The van der Waals surface area contributed by atoms with Crippen LogP contribution in [0.5, 0.6) is 0 Å². The van der Waals surface area contributed by atoms with Crippen molar-refractivity contribution in [3.63, 3.8) is 0 Å². The number of halogens is 1. The zero-order valence-electron chi connectivity index (χ0n) is 15.1. The van der Waals surface area contributed by atoms with E-state index in [0.717, 1.165) is 10.1 Å². The number of carbonyl (C=O) groups is 1. The van der Waals surface area contributed by atoms with E-state index in [0.29, 0.717) is 22.4 Å². The lowest BCUT2D eigenvalue weighted by Crippen LogP contribution is -2.43. The molecule has 7 nitrogen and oxygen atoms in total. The van der Waals surface area contributed by atoms with Crippen LogP contribution in [0.2, 0.25) is 5.02 Å². The first-order valence-corrected chi connectivity index (χ1v) is 9.97. The van der Waals surface area contributed by atoms with Gasteiger partial charge in [0.05, 0.1) is 19.6 Å². The van der Waals surface area contributed by atoms with Crippen LogP contribution in [0.15, 0.2) is 39.0 Å². The summed E-state index contributed by atoms with van der Waals surface area (Å²) in [5.41, 5.74) is -0.124. The number of rotatable bonds is 7. The molecular formula is C18H20ClN3O4S. The van der Waals surface area contributed by atoms with Gasteiger partial charge in [-0.1, -0.05) is 42.4 Å². The van der Waals surface area contributed by atoms with Gasteiger partial charge in [0.1, 0.15) is 0 Å². The Morgan fingerprint density at radius 3 is 2.63 bits per heavy atom. The zero-order valence-corrected chi connectivity index (χ0v) is 16.6. The summed E-state index contributed by atoms with van der Waals surface area (Å²) in [4.78, 5) is 41.1. The molecule has 1 saturated carbocycles. The molecule has 0 amide bonds. The van der Waals surface area contributed by atoms with Crippen molar-refractivity contribution >= 4 is 29.3 Å². The topological polar surface area (TPSA) is 83.2 Å². The Morgan fingerprint density at radius 2 is 2.00 bits per heavy atom. The lowest BCUT2D eigenvalue weighted by molar-refractivity contribution is -0.142. The zero-order chi connectivity index (χ0) is 19.6. The highest BCUT2D eigenvalue weighted by atomic mass is 35.5. The van der Waals surface area contributed by atoms with E-state index in [4.69, 9.17) is 16.3 Å². The third-order valence-corrected chi connectivity index (χ3v) is 5.60. The van der Waals surface area contributed by atoms with Gasteiger partial charge in [-0.2, -0.15) is 4.98 Å². The Morgan fingerprint density at radius 1 is 1.30 bits per heavy atom. The summed E-state index contributed by atoms with van der Waals surface area (Å²) >= 11 is 7.26. The molecular weight excluding hydrogens is 390 g/mol. The average Bonchev–Trinajstić information content (AvgIpc) is 3.42. The van der Waals surface area contributed by atoms with Crippen molar-refractivity contribution in [3.8, 4) is 0 Å². The fourth-order valence-electron chi connectivity index (χ4n) is 2.94. The van der Waals surface area contributed by atoms with Crippen LogP contribution in [-0.4, -0.2) is 33.0 Å². The largest absolute Gasteiger partial charge is 0.469 e. The normalized spacial score (nSPS) is 18.3. The molecule has 0 radical (unpaired) electrons. The van der Waals surface area contributed by atoms with E-state index in [2.05, 4.69) is 4.98 Å². The molecule has 2 aromatic rings. The lowest BCUT2D eigenvalue weighted by atomic mass is 10.2. The molecule has 1 fully saturated rings. The van der Waals surface area contributed by atoms with Crippen LogP contribution >= 0.6 is 23.4 Å². The van der Waals surface area contributed by atoms with E-state index in [1.54, 1.807) is 12.1 Å². The summed E-state index contributed by atoms with van der Waals surface area (Å²) in [6, 6.07) is 7.17. The van der Waals surface area contributed by atoms with Crippen LogP contribution in [0.25, 0.3) is 0 Å². The van der Waals surface area contributed by atoms with Crippen molar-refractivity contribution in [1.29, 1.82) is 0 Å². The molecule has 144 valence electrons. The molecule has 2 atom stereocenters. The van der Waals surface area contributed by atoms with Gasteiger partial charge in [-0.25, -0.2) is 14.2 Å². The van der Waals surface area contributed by atoms with Crippen LogP contribution in [0.4, 0.5) is 0 Å². The van der Waals surface area contributed by atoms with Crippen molar-refractivity contribution in [2.24, 2.45) is 11.8 Å². The van der Waals surface area contributed by atoms with E-state index < -0.39 is 11.4 Å².